The van der Waals surface area contributed by atoms with E-state index in [1.807, 2.05) is 32.0 Å². The third-order valence-electron chi connectivity index (χ3n) is 2.03. The van der Waals surface area contributed by atoms with Gasteiger partial charge in [-0.2, -0.15) is 0 Å². The summed E-state index contributed by atoms with van der Waals surface area (Å²) in [6, 6.07) is 1.92. The summed E-state index contributed by atoms with van der Waals surface area (Å²) in [4.78, 5) is 10.5. The van der Waals surface area contributed by atoms with E-state index in [0.29, 0.717) is 0 Å². The van der Waals surface area contributed by atoms with Gasteiger partial charge in [-0.15, -0.1) is 0 Å². The number of aromatic nitrogens is 2. The Morgan fingerprint density at radius 2 is 2.25 bits per heavy atom. The van der Waals surface area contributed by atoms with Crippen LogP contribution in [0.25, 0.3) is 0 Å². The van der Waals surface area contributed by atoms with Gasteiger partial charge in [-0.25, -0.2) is 9.97 Å². The highest BCUT2D eigenvalue weighted by Crippen LogP contribution is 2.02. The molecule has 5 nitrogen and oxygen atoms in total. The molecule has 0 aliphatic heterocycles. The Bertz CT molecular complexity index is 304. The number of nitrogens with one attached hydrogen (secondary N) is 1. The van der Waals surface area contributed by atoms with Crippen molar-refractivity contribution in [2.75, 3.05) is 38.8 Å². The quantitative estimate of drug-likeness (QED) is 0.690. The first-order chi connectivity index (χ1) is 7.74. The van der Waals surface area contributed by atoms with Crippen LogP contribution in [0.5, 0.6) is 0 Å². The van der Waals surface area contributed by atoms with Crippen LogP contribution >= 0.6 is 0 Å². The first kappa shape index (κ1) is 12.9. The summed E-state index contributed by atoms with van der Waals surface area (Å²) in [6.07, 6.45) is 1.78. The monoisotopic (exact) mass is 224 g/mol. The predicted octanol–water partition coefficient (Wildman–Crippen LogP) is 0.669. The van der Waals surface area contributed by atoms with E-state index in [0.717, 1.165) is 37.9 Å². The van der Waals surface area contributed by atoms with E-state index in [4.69, 9.17) is 4.74 Å². The molecule has 1 heterocycles. The average molecular weight is 224 g/mol. The molecule has 90 valence electrons. The van der Waals surface area contributed by atoms with E-state index in [1.54, 1.807) is 6.20 Å². The van der Waals surface area contributed by atoms with Gasteiger partial charge in [0.25, 0.3) is 0 Å². The normalized spacial score (nSPS) is 10.4. The summed E-state index contributed by atoms with van der Waals surface area (Å²) in [7, 11) is 3.86. The molecule has 0 radical (unpaired) electrons. The van der Waals surface area contributed by atoms with Gasteiger partial charge >= 0.3 is 0 Å². The molecule has 0 aromatic carbocycles. The van der Waals surface area contributed by atoms with Gasteiger partial charge in [-0.1, -0.05) is 0 Å². The molecule has 0 aliphatic rings. The summed E-state index contributed by atoms with van der Waals surface area (Å²) in [5.74, 6) is 0.740. The zero-order chi connectivity index (χ0) is 11.8. The molecule has 0 unspecified atom stereocenters. The molecule has 1 aromatic heterocycles. The Kier molecular flexibility index (Phi) is 5.74. The zero-order valence-corrected chi connectivity index (χ0v) is 10.2. The fourth-order valence-corrected chi connectivity index (χ4v) is 1.20. The third-order valence-corrected chi connectivity index (χ3v) is 2.03. The van der Waals surface area contributed by atoms with Gasteiger partial charge in [0, 0.05) is 40.0 Å². The van der Waals surface area contributed by atoms with Crippen LogP contribution in [0.4, 0.5) is 5.95 Å². The molecule has 1 aromatic rings. The highest BCUT2D eigenvalue weighted by Gasteiger charge is 2.00. The van der Waals surface area contributed by atoms with Crippen molar-refractivity contribution in [3.63, 3.8) is 0 Å². The van der Waals surface area contributed by atoms with Gasteiger partial charge < -0.3 is 15.0 Å². The number of hydrogen-bond donors (Lipinski definition) is 1. The molecule has 0 aliphatic carbocycles. The fourth-order valence-electron chi connectivity index (χ4n) is 1.20. The summed E-state index contributed by atoms with van der Waals surface area (Å²) >= 11 is 0. The Hall–Kier alpha value is -1.20. The largest absolute Gasteiger partial charge is 0.380 e. The maximum atomic E-state index is 5.23. The standard InChI is InChI=1S/C11H20N4O/c1-4-16-8-7-12-9-10-5-6-13-11(14-10)15(2)3/h5-6,12H,4,7-9H2,1-3H3. The van der Waals surface area contributed by atoms with Crippen molar-refractivity contribution in [2.45, 2.75) is 13.5 Å². The lowest BCUT2D eigenvalue weighted by atomic mass is 10.4. The molecule has 0 fully saturated rings. The maximum Gasteiger partial charge on any atom is 0.225 e. The minimum absolute atomic E-state index is 0.738. The molecule has 1 rings (SSSR count). The first-order valence-corrected chi connectivity index (χ1v) is 5.51. The van der Waals surface area contributed by atoms with Crippen molar-refractivity contribution in [3.8, 4) is 0 Å². The summed E-state index contributed by atoms with van der Waals surface area (Å²) in [5.41, 5.74) is 0.996. The highest BCUT2D eigenvalue weighted by atomic mass is 16.5. The molecule has 0 atom stereocenters. The lowest BCUT2D eigenvalue weighted by Crippen LogP contribution is -2.21. The molecule has 0 bridgehead atoms. The van der Waals surface area contributed by atoms with E-state index >= 15 is 0 Å². The van der Waals surface area contributed by atoms with E-state index in [-0.39, 0.29) is 0 Å². The van der Waals surface area contributed by atoms with E-state index in [2.05, 4.69) is 15.3 Å². The van der Waals surface area contributed by atoms with Gasteiger partial charge in [0.15, 0.2) is 0 Å². The molecule has 16 heavy (non-hydrogen) atoms. The summed E-state index contributed by atoms with van der Waals surface area (Å²) < 4.78 is 5.23. The molecule has 0 amide bonds. The highest BCUT2D eigenvalue weighted by molar-refractivity contribution is 5.26. The Morgan fingerprint density at radius 3 is 2.94 bits per heavy atom. The number of ether oxygens (including phenoxy) is 1. The van der Waals surface area contributed by atoms with Gasteiger partial charge in [0.1, 0.15) is 0 Å². The van der Waals surface area contributed by atoms with Crippen LogP contribution in [0.1, 0.15) is 12.6 Å². The topological polar surface area (TPSA) is 50.3 Å². The van der Waals surface area contributed by atoms with Crippen LogP contribution in [0.15, 0.2) is 12.3 Å². The number of hydrogen-bond acceptors (Lipinski definition) is 5. The average Bonchev–Trinajstić information content (AvgIpc) is 2.29. The Morgan fingerprint density at radius 1 is 1.44 bits per heavy atom. The van der Waals surface area contributed by atoms with Crippen LogP contribution in [-0.4, -0.2) is 43.8 Å². The van der Waals surface area contributed by atoms with Crippen molar-refractivity contribution in [1.82, 2.24) is 15.3 Å². The van der Waals surface area contributed by atoms with Crippen LogP contribution in [-0.2, 0) is 11.3 Å². The first-order valence-electron chi connectivity index (χ1n) is 5.51. The summed E-state index contributed by atoms with van der Waals surface area (Å²) in [6.45, 7) is 5.08. The van der Waals surface area contributed by atoms with Gasteiger partial charge in [-0.05, 0) is 13.0 Å². The van der Waals surface area contributed by atoms with E-state index in [9.17, 15) is 0 Å². The van der Waals surface area contributed by atoms with Crippen molar-refractivity contribution in [3.05, 3.63) is 18.0 Å². The minimum Gasteiger partial charge on any atom is -0.380 e. The summed E-state index contributed by atoms with van der Waals surface area (Å²) in [5, 5.41) is 3.27. The number of rotatable bonds is 7. The predicted molar refractivity (Wildman–Crippen MR) is 64.6 cm³/mol. The Balaban J connectivity index is 2.33. The number of nitrogens with zero attached hydrogens (tertiary/aromatic N) is 3. The molecule has 0 saturated heterocycles. The second-order valence-corrected chi connectivity index (χ2v) is 3.62. The molecular weight excluding hydrogens is 204 g/mol. The van der Waals surface area contributed by atoms with Crippen LogP contribution in [0.2, 0.25) is 0 Å². The molecule has 5 heteroatoms. The van der Waals surface area contributed by atoms with Gasteiger partial charge in [0.2, 0.25) is 5.95 Å². The van der Waals surface area contributed by atoms with Crippen LogP contribution < -0.4 is 10.2 Å². The Labute approximate surface area is 96.8 Å². The lowest BCUT2D eigenvalue weighted by molar-refractivity contribution is 0.149. The van der Waals surface area contributed by atoms with Crippen LogP contribution in [0, 0.1) is 0 Å². The fraction of sp³-hybridized carbons (Fsp3) is 0.636. The van der Waals surface area contributed by atoms with Crippen molar-refractivity contribution >= 4 is 5.95 Å². The molecule has 0 saturated carbocycles. The molecule has 1 N–H and O–H groups in total. The zero-order valence-electron chi connectivity index (χ0n) is 10.2. The smallest absolute Gasteiger partial charge is 0.225 e. The molecular formula is C11H20N4O. The second-order valence-electron chi connectivity index (χ2n) is 3.62. The number of anilines is 1. The van der Waals surface area contributed by atoms with Crippen LogP contribution in [0.3, 0.4) is 0 Å². The van der Waals surface area contributed by atoms with Crippen molar-refractivity contribution < 1.29 is 4.74 Å². The SMILES string of the molecule is CCOCCNCc1ccnc(N(C)C)n1. The van der Waals surface area contributed by atoms with Gasteiger partial charge in [0.05, 0.1) is 12.3 Å². The van der Waals surface area contributed by atoms with Crippen molar-refractivity contribution in [2.24, 2.45) is 0 Å². The minimum atomic E-state index is 0.738. The van der Waals surface area contributed by atoms with Crippen molar-refractivity contribution in [1.29, 1.82) is 0 Å². The molecule has 0 spiro atoms. The van der Waals surface area contributed by atoms with E-state index in [1.165, 1.54) is 0 Å². The third kappa shape index (κ3) is 4.55. The van der Waals surface area contributed by atoms with E-state index < -0.39 is 0 Å². The lowest BCUT2D eigenvalue weighted by Gasteiger charge is -2.11. The second kappa shape index (κ2) is 7.14. The maximum absolute atomic E-state index is 5.23. The van der Waals surface area contributed by atoms with Gasteiger partial charge in [-0.3, -0.25) is 0 Å².